The summed E-state index contributed by atoms with van der Waals surface area (Å²) in [6.07, 6.45) is 1.57. The molecule has 1 aromatic heterocycles. The maximum absolute atomic E-state index is 12.1. The molecule has 1 aliphatic heterocycles. The van der Waals surface area contributed by atoms with E-state index in [4.69, 9.17) is 4.74 Å². The van der Waals surface area contributed by atoms with Crippen LogP contribution in [0.15, 0.2) is 41.3 Å². The molecule has 0 fully saturated rings. The van der Waals surface area contributed by atoms with Crippen LogP contribution in [0, 0.1) is 0 Å². The molecular formula is C17H18N2O4. The molecule has 0 bridgehead atoms. The van der Waals surface area contributed by atoms with E-state index < -0.39 is 12.0 Å². The smallest absolute Gasteiger partial charge is 0.263 e. The first-order valence-corrected chi connectivity index (χ1v) is 7.44. The molecule has 0 spiro atoms. The summed E-state index contributed by atoms with van der Waals surface area (Å²) in [5.74, 6) is 0.354. The minimum atomic E-state index is -0.836. The number of amides is 1. The molecule has 0 saturated heterocycles. The summed E-state index contributed by atoms with van der Waals surface area (Å²) >= 11 is 0. The third kappa shape index (κ3) is 3.12. The number of aromatic nitrogens is 1. The normalized spacial score (nSPS) is 14.0. The highest BCUT2D eigenvalue weighted by molar-refractivity contribution is 5.93. The number of aliphatic hydroxyl groups is 1. The Balaban J connectivity index is 1.67. The van der Waals surface area contributed by atoms with Crippen molar-refractivity contribution in [2.75, 3.05) is 13.2 Å². The highest BCUT2D eigenvalue weighted by Crippen LogP contribution is 2.27. The SMILES string of the molecule is Cn1cccc(C(=O)NC[C@@H](O)c2ccc3c(c2)CCO3)c1=O. The molecule has 120 valence electrons. The number of fused-ring (bicyclic) bond motifs is 1. The molecule has 2 heterocycles. The highest BCUT2D eigenvalue weighted by Gasteiger charge is 2.17. The van der Waals surface area contributed by atoms with Crippen molar-refractivity contribution < 1.29 is 14.6 Å². The van der Waals surface area contributed by atoms with Crippen LogP contribution in [0.25, 0.3) is 0 Å². The van der Waals surface area contributed by atoms with Gasteiger partial charge >= 0.3 is 0 Å². The lowest BCUT2D eigenvalue weighted by Gasteiger charge is -2.13. The van der Waals surface area contributed by atoms with Crippen LogP contribution in [0.4, 0.5) is 0 Å². The van der Waals surface area contributed by atoms with Gasteiger partial charge in [0.1, 0.15) is 11.3 Å². The van der Waals surface area contributed by atoms with Gasteiger partial charge in [-0.15, -0.1) is 0 Å². The summed E-state index contributed by atoms with van der Waals surface area (Å²) in [7, 11) is 1.58. The lowest BCUT2D eigenvalue weighted by molar-refractivity contribution is 0.0914. The quantitative estimate of drug-likeness (QED) is 0.874. The fourth-order valence-electron chi connectivity index (χ4n) is 2.59. The van der Waals surface area contributed by atoms with E-state index in [0.29, 0.717) is 6.61 Å². The molecule has 23 heavy (non-hydrogen) atoms. The van der Waals surface area contributed by atoms with Gasteiger partial charge in [0.05, 0.1) is 12.7 Å². The molecule has 1 aliphatic rings. The van der Waals surface area contributed by atoms with Gasteiger partial charge in [0, 0.05) is 26.2 Å². The van der Waals surface area contributed by atoms with Gasteiger partial charge in [0.15, 0.2) is 0 Å². The van der Waals surface area contributed by atoms with Crippen LogP contribution in [0.2, 0.25) is 0 Å². The minimum absolute atomic E-state index is 0.0382. The van der Waals surface area contributed by atoms with Crippen molar-refractivity contribution in [3.8, 4) is 5.75 Å². The lowest BCUT2D eigenvalue weighted by Crippen LogP contribution is -2.34. The topological polar surface area (TPSA) is 80.6 Å². The Hall–Kier alpha value is -2.60. The van der Waals surface area contributed by atoms with Crippen molar-refractivity contribution in [1.82, 2.24) is 9.88 Å². The zero-order valence-electron chi connectivity index (χ0n) is 12.8. The number of carbonyl (C=O) groups excluding carboxylic acids is 1. The van der Waals surface area contributed by atoms with E-state index in [1.165, 1.54) is 10.6 Å². The molecule has 2 aromatic rings. The van der Waals surface area contributed by atoms with Crippen molar-refractivity contribution in [3.63, 3.8) is 0 Å². The summed E-state index contributed by atoms with van der Waals surface area (Å²) in [4.78, 5) is 24.0. The van der Waals surface area contributed by atoms with Crippen LogP contribution in [0.3, 0.4) is 0 Å². The molecule has 1 amide bonds. The number of nitrogens with zero attached hydrogens (tertiary/aromatic N) is 1. The Labute approximate surface area is 133 Å². The molecule has 0 saturated carbocycles. The number of ether oxygens (including phenoxy) is 1. The van der Waals surface area contributed by atoms with Crippen molar-refractivity contribution in [3.05, 3.63) is 63.6 Å². The number of aryl methyl sites for hydroxylation is 1. The average molecular weight is 314 g/mol. The number of nitrogens with one attached hydrogen (secondary N) is 1. The first kappa shape index (κ1) is 15.3. The van der Waals surface area contributed by atoms with Gasteiger partial charge in [-0.2, -0.15) is 0 Å². The summed E-state index contributed by atoms with van der Waals surface area (Å²) < 4.78 is 6.76. The third-order valence-electron chi connectivity index (χ3n) is 3.92. The predicted molar refractivity (Wildman–Crippen MR) is 84.6 cm³/mol. The van der Waals surface area contributed by atoms with Crippen LogP contribution >= 0.6 is 0 Å². The molecule has 0 unspecified atom stereocenters. The number of pyridine rings is 1. The van der Waals surface area contributed by atoms with E-state index in [9.17, 15) is 14.7 Å². The summed E-state index contributed by atoms with van der Waals surface area (Å²) in [6.45, 7) is 0.694. The average Bonchev–Trinajstić information content (AvgIpc) is 3.02. The number of aliphatic hydroxyl groups excluding tert-OH is 1. The monoisotopic (exact) mass is 314 g/mol. The second-order valence-electron chi connectivity index (χ2n) is 5.53. The van der Waals surface area contributed by atoms with Crippen molar-refractivity contribution in [1.29, 1.82) is 0 Å². The molecule has 1 aromatic carbocycles. The number of rotatable bonds is 4. The first-order chi connectivity index (χ1) is 11.1. The molecule has 6 heteroatoms. The second-order valence-corrected chi connectivity index (χ2v) is 5.53. The number of hydrogen-bond acceptors (Lipinski definition) is 4. The second kappa shape index (κ2) is 6.26. The van der Waals surface area contributed by atoms with Gasteiger partial charge in [-0.1, -0.05) is 6.07 Å². The van der Waals surface area contributed by atoms with Crippen LogP contribution in [0.5, 0.6) is 5.75 Å². The van der Waals surface area contributed by atoms with Gasteiger partial charge in [0.25, 0.3) is 11.5 Å². The number of hydrogen-bond donors (Lipinski definition) is 2. The fraction of sp³-hybridized carbons (Fsp3) is 0.294. The Morgan fingerprint density at radius 3 is 3.09 bits per heavy atom. The molecule has 0 aliphatic carbocycles. The van der Waals surface area contributed by atoms with Gasteiger partial charge in [0.2, 0.25) is 0 Å². The van der Waals surface area contributed by atoms with Crippen LogP contribution in [-0.2, 0) is 13.5 Å². The molecule has 3 rings (SSSR count). The van der Waals surface area contributed by atoms with Crippen molar-refractivity contribution in [2.24, 2.45) is 7.05 Å². The Kier molecular flexibility index (Phi) is 4.16. The third-order valence-corrected chi connectivity index (χ3v) is 3.92. The summed E-state index contributed by atoms with van der Waals surface area (Å²) in [6, 6.07) is 8.60. The van der Waals surface area contributed by atoms with Gasteiger partial charge in [-0.25, -0.2) is 0 Å². The zero-order valence-corrected chi connectivity index (χ0v) is 12.8. The predicted octanol–water partition coefficient (Wildman–Crippen LogP) is 0.784. The molecule has 1 atom stereocenters. The van der Waals surface area contributed by atoms with E-state index >= 15 is 0 Å². The fourth-order valence-corrected chi connectivity index (χ4v) is 2.59. The van der Waals surface area contributed by atoms with E-state index in [1.807, 2.05) is 12.1 Å². The maximum Gasteiger partial charge on any atom is 0.263 e. The molecule has 6 nitrogen and oxygen atoms in total. The van der Waals surface area contributed by atoms with E-state index in [0.717, 1.165) is 23.3 Å². The standard InChI is InChI=1S/C17H18N2O4/c1-19-7-2-3-13(17(19)22)16(21)18-10-14(20)11-4-5-15-12(9-11)6-8-23-15/h2-5,7,9,14,20H,6,8,10H2,1H3,(H,18,21)/t14-/m1/s1. The molecule has 0 radical (unpaired) electrons. The van der Waals surface area contributed by atoms with E-state index in [2.05, 4.69) is 5.32 Å². The number of carbonyl (C=O) groups is 1. The Bertz CT molecular complexity index is 797. The maximum atomic E-state index is 12.1. The van der Waals surface area contributed by atoms with Crippen LogP contribution in [0.1, 0.15) is 27.6 Å². The van der Waals surface area contributed by atoms with Gasteiger partial charge < -0.3 is 19.7 Å². The Morgan fingerprint density at radius 2 is 2.26 bits per heavy atom. The summed E-state index contributed by atoms with van der Waals surface area (Å²) in [5.41, 5.74) is 1.47. The lowest BCUT2D eigenvalue weighted by atomic mass is 10.0. The minimum Gasteiger partial charge on any atom is -0.493 e. The largest absolute Gasteiger partial charge is 0.493 e. The van der Waals surface area contributed by atoms with Crippen molar-refractivity contribution >= 4 is 5.91 Å². The van der Waals surface area contributed by atoms with Crippen LogP contribution in [-0.4, -0.2) is 28.7 Å². The molecule has 2 N–H and O–H groups in total. The first-order valence-electron chi connectivity index (χ1n) is 7.44. The molecular weight excluding hydrogens is 296 g/mol. The summed E-state index contributed by atoms with van der Waals surface area (Å²) in [5, 5.41) is 12.8. The Morgan fingerprint density at radius 1 is 1.43 bits per heavy atom. The van der Waals surface area contributed by atoms with E-state index in [1.54, 1.807) is 25.4 Å². The highest BCUT2D eigenvalue weighted by atomic mass is 16.5. The van der Waals surface area contributed by atoms with E-state index in [-0.39, 0.29) is 17.7 Å². The van der Waals surface area contributed by atoms with Gasteiger partial charge in [-0.3, -0.25) is 9.59 Å². The zero-order chi connectivity index (χ0) is 16.4. The van der Waals surface area contributed by atoms with Crippen molar-refractivity contribution in [2.45, 2.75) is 12.5 Å². The number of benzene rings is 1. The van der Waals surface area contributed by atoms with Crippen LogP contribution < -0.4 is 15.6 Å². The van der Waals surface area contributed by atoms with Gasteiger partial charge in [-0.05, 0) is 35.4 Å².